The summed E-state index contributed by atoms with van der Waals surface area (Å²) < 4.78 is 5.66. The molecule has 1 atom stereocenters. The summed E-state index contributed by atoms with van der Waals surface area (Å²) in [5.41, 5.74) is 0.493. The van der Waals surface area contributed by atoms with Crippen LogP contribution in [-0.4, -0.2) is 46.7 Å². The van der Waals surface area contributed by atoms with Crippen LogP contribution in [0, 0.1) is 5.92 Å². The van der Waals surface area contributed by atoms with E-state index in [1.807, 2.05) is 24.3 Å². The number of nitrogens with one attached hydrogen (secondary N) is 1. The summed E-state index contributed by atoms with van der Waals surface area (Å²) in [4.78, 5) is 26.5. The highest BCUT2D eigenvalue weighted by molar-refractivity contribution is 6.07. The van der Waals surface area contributed by atoms with Gasteiger partial charge in [-0.05, 0) is 54.7 Å². The number of imide groups is 1. The number of nitrogens with zero attached hydrogens (tertiary/aromatic N) is 1. The zero-order chi connectivity index (χ0) is 21.2. The topological polar surface area (TPSA) is 78.9 Å². The van der Waals surface area contributed by atoms with Crippen LogP contribution in [0.4, 0.5) is 4.79 Å². The van der Waals surface area contributed by atoms with E-state index in [0.29, 0.717) is 24.5 Å². The molecule has 0 unspecified atom stereocenters. The number of β-amino-alcohol motifs (C(OH)–C–C–N with tert-alkyl or cyclic N) is 1. The van der Waals surface area contributed by atoms with Gasteiger partial charge in [-0.3, -0.25) is 9.69 Å². The number of ether oxygens (including phenoxy) is 1. The molecule has 6 nitrogen and oxygen atoms in total. The van der Waals surface area contributed by atoms with Gasteiger partial charge in [-0.1, -0.05) is 46.2 Å². The molecule has 160 valence electrons. The van der Waals surface area contributed by atoms with Crippen LogP contribution in [0.15, 0.2) is 24.3 Å². The first kappa shape index (κ1) is 21.6. The predicted molar refractivity (Wildman–Crippen MR) is 112 cm³/mol. The van der Waals surface area contributed by atoms with Crippen LogP contribution in [0.3, 0.4) is 0 Å². The number of hydrogen-bond donors (Lipinski definition) is 2. The average molecular weight is 403 g/mol. The summed E-state index contributed by atoms with van der Waals surface area (Å²) in [6.07, 6.45) is 3.43. The van der Waals surface area contributed by atoms with Crippen molar-refractivity contribution in [3.05, 3.63) is 29.8 Å². The lowest BCUT2D eigenvalue weighted by Crippen LogP contribution is -2.50. The molecule has 1 spiro atoms. The second-order valence-corrected chi connectivity index (χ2v) is 9.52. The Morgan fingerprint density at radius 2 is 1.83 bits per heavy atom. The van der Waals surface area contributed by atoms with E-state index in [0.717, 1.165) is 24.2 Å². The van der Waals surface area contributed by atoms with Crippen molar-refractivity contribution in [2.45, 2.75) is 76.9 Å². The molecule has 1 aromatic rings. The van der Waals surface area contributed by atoms with Crippen molar-refractivity contribution in [1.29, 1.82) is 0 Å². The molecular weight excluding hydrogens is 368 g/mol. The van der Waals surface area contributed by atoms with Crippen molar-refractivity contribution in [1.82, 2.24) is 10.2 Å². The fourth-order valence-corrected chi connectivity index (χ4v) is 4.27. The van der Waals surface area contributed by atoms with Crippen molar-refractivity contribution in [2.24, 2.45) is 5.92 Å². The summed E-state index contributed by atoms with van der Waals surface area (Å²) in [6.45, 7) is 8.57. The van der Waals surface area contributed by atoms with E-state index < -0.39 is 17.7 Å². The van der Waals surface area contributed by atoms with Gasteiger partial charge >= 0.3 is 6.03 Å². The Morgan fingerprint density at radius 3 is 2.38 bits per heavy atom. The van der Waals surface area contributed by atoms with E-state index in [2.05, 4.69) is 33.0 Å². The number of carbonyl (C=O) groups excluding carboxylic acids is 2. The number of hydrogen-bond acceptors (Lipinski definition) is 4. The van der Waals surface area contributed by atoms with Crippen molar-refractivity contribution >= 4 is 11.9 Å². The largest absolute Gasteiger partial charge is 0.491 e. The molecule has 6 heteroatoms. The quantitative estimate of drug-likeness (QED) is 0.713. The molecule has 2 N–H and O–H groups in total. The van der Waals surface area contributed by atoms with Gasteiger partial charge in [0.15, 0.2) is 0 Å². The summed E-state index contributed by atoms with van der Waals surface area (Å²) in [6, 6.07) is 7.37. The highest BCUT2D eigenvalue weighted by Gasteiger charge is 2.52. The SMILES string of the molecule is CCC1CCC2(CC1)NC(=O)N(C[C@@H](O)COc1ccc(C(C)(C)C)cc1)C2=O. The molecule has 1 aliphatic heterocycles. The molecule has 1 saturated heterocycles. The minimum Gasteiger partial charge on any atom is -0.491 e. The molecule has 3 amide bonds. The minimum atomic E-state index is -0.936. The molecule has 0 bridgehead atoms. The molecule has 0 aromatic heterocycles. The van der Waals surface area contributed by atoms with Crippen molar-refractivity contribution in [3.8, 4) is 5.75 Å². The Morgan fingerprint density at radius 1 is 1.21 bits per heavy atom. The van der Waals surface area contributed by atoms with E-state index in [1.165, 1.54) is 5.56 Å². The second kappa shape index (κ2) is 8.34. The first-order valence-corrected chi connectivity index (χ1v) is 10.7. The highest BCUT2D eigenvalue weighted by atomic mass is 16.5. The first-order valence-electron chi connectivity index (χ1n) is 10.7. The van der Waals surface area contributed by atoms with E-state index in [-0.39, 0.29) is 24.5 Å². The van der Waals surface area contributed by atoms with Gasteiger partial charge in [0.25, 0.3) is 5.91 Å². The zero-order valence-electron chi connectivity index (χ0n) is 18.0. The smallest absolute Gasteiger partial charge is 0.325 e. The van der Waals surface area contributed by atoms with Gasteiger partial charge in [-0.25, -0.2) is 4.79 Å². The third-order valence-electron chi connectivity index (χ3n) is 6.34. The van der Waals surface area contributed by atoms with Gasteiger partial charge in [0.2, 0.25) is 0 Å². The Balaban J connectivity index is 1.53. The normalized spacial score (nSPS) is 26.0. The van der Waals surface area contributed by atoms with Crippen LogP contribution < -0.4 is 10.1 Å². The molecule has 2 aliphatic rings. The van der Waals surface area contributed by atoms with Crippen LogP contribution in [0.1, 0.15) is 65.4 Å². The monoisotopic (exact) mass is 402 g/mol. The maximum Gasteiger partial charge on any atom is 0.325 e. The third-order valence-corrected chi connectivity index (χ3v) is 6.34. The molecule has 0 radical (unpaired) electrons. The van der Waals surface area contributed by atoms with Crippen molar-refractivity contribution in [2.75, 3.05) is 13.2 Å². The molecule has 1 aromatic carbocycles. The van der Waals surface area contributed by atoms with Gasteiger partial charge < -0.3 is 15.2 Å². The number of amides is 3. The molecule has 1 heterocycles. The Labute approximate surface area is 173 Å². The van der Waals surface area contributed by atoms with E-state index in [4.69, 9.17) is 4.74 Å². The standard InChI is InChI=1S/C23H34N2O4/c1-5-16-10-12-23(13-11-16)20(27)25(21(28)24-23)14-18(26)15-29-19-8-6-17(7-9-19)22(2,3)4/h6-9,16,18,26H,5,10-15H2,1-4H3,(H,24,28)/t16?,18-,23?/m1/s1. The second-order valence-electron chi connectivity index (χ2n) is 9.52. The number of aliphatic hydroxyl groups excluding tert-OH is 1. The summed E-state index contributed by atoms with van der Waals surface area (Å²) in [5.74, 6) is 1.08. The number of rotatable bonds is 6. The Hall–Kier alpha value is -2.08. The lowest BCUT2D eigenvalue weighted by Gasteiger charge is -2.34. The summed E-state index contributed by atoms with van der Waals surface area (Å²) >= 11 is 0. The fourth-order valence-electron chi connectivity index (χ4n) is 4.27. The molecule has 2 fully saturated rings. The fraction of sp³-hybridized carbons (Fsp3) is 0.652. The van der Waals surface area contributed by atoms with E-state index in [9.17, 15) is 14.7 Å². The predicted octanol–water partition coefficient (Wildman–Crippen LogP) is 3.61. The minimum absolute atomic E-state index is 0.0246. The van der Waals surface area contributed by atoms with Crippen LogP contribution in [0.25, 0.3) is 0 Å². The third kappa shape index (κ3) is 4.74. The molecule has 3 rings (SSSR count). The lowest BCUT2D eigenvalue weighted by molar-refractivity contribution is -0.133. The van der Waals surface area contributed by atoms with Crippen molar-refractivity contribution in [3.63, 3.8) is 0 Å². The number of urea groups is 1. The number of carbonyl (C=O) groups is 2. The van der Waals surface area contributed by atoms with Gasteiger partial charge in [-0.2, -0.15) is 0 Å². The average Bonchev–Trinajstić information content (AvgIpc) is 2.91. The molecule has 1 saturated carbocycles. The van der Waals surface area contributed by atoms with Gasteiger partial charge in [0, 0.05) is 0 Å². The van der Waals surface area contributed by atoms with Gasteiger partial charge in [-0.15, -0.1) is 0 Å². The number of aliphatic hydroxyl groups is 1. The van der Waals surface area contributed by atoms with Crippen LogP contribution in [0.2, 0.25) is 0 Å². The zero-order valence-corrected chi connectivity index (χ0v) is 18.0. The molecule has 29 heavy (non-hydrogen) atoms. The molecule has 1 aliphatic carbocycles. The van der Waals surface area contributed by atoms with E-state index in [1.54, 1.807) is 0 Å². The highest BCUT2D eigenvalue weighted by Crippen LogP contribution is 2.37. The Bertz CT molecular complexity index is 730. The van der Waals surface area contributed by atoms with Crippen LogP contribution >= 0.6 is 0 Å². The van der Waals surface area contributed by atoms with Gasteiger partial charge in [0.1, 0.15) is 24.0 Å². The van der Waals surface area contributed by atoms with E-state index >= 15 is 0 Å². The maximum absolute atomic E-state index is 12.9. The van der Waals surface area contributed by atoms with Gasteiger partial charge in [0.05, 0.1) is 6.54 Å². The maximum atomic E-state index is 12.9. The summed E-state index contributed by atoms with van der Waals surface area (Å²) in [5, 5.41) is 13.3. The van der Waals surface area contributed by atoms with Crippen LogP contribution in [-0.2, 0) is 10.2 Å². The summed E-state index contributed by atoms with van der Waals surface area (Å²) in [7, 11) is 0. The molecular formula is C23H34N2O4. The first-order chi connectivity index (χ1) is 13.6. The Kier molecular flexibility index (Phi) is 6.22. The van der Waals surface area contributed by atoms with Crippen LogP contribution in [0.5, 0.6) is 5.75 Å². The lowest BCUT2D eigenvalue weighted by atomic mass is 9.75. The number of benzene rings is 1. The van der Waals surface area contributed by atoms with Crippen molar-refractivity contribution < 1.29 is 19.4 Å².